The summed E-state index contributed by atoms with van der Waals surface area (Å²) in [5, 5.41) is 11.5. The van der Waals surface area contributed by atoms with E-state index in [1.165, 1.54) is 12.3 Å². The summed E-state index contributed by atoms with van der Waals surface area (Å²) in [6.45, 7) is 1.98. The van der Waals surface area contributed by atoms with Gasteiger partial charge in [0.2, 0.25) is 5.91 Å². The molecule has 0 spiro atoms. The van der Waals surface area contributed by atoms with Crippen LogP contribution >= 0.6 is 0 Å². The molecule has 6 heteroatoms. The van der Waals surface area contributed by atoms with Crippen LogP contribution in [-0.4, -0.2) is 47.0 Å². The van der Waals surface area contributed by atoms with Crippen LogP contribution in [0.25, 0.3) is 0 Å². The predicted molar refractivity (Wildman–Crippen MR) is 70.0 cm³/mol. The number of hydrogen-bond donors (Lipinski definition) is 2. The lowest BCUT2D eigenvalue weighted by Gasteiger charge is -2.10. The van der Waals surface area contributed by atoms with E-state index < -0.39 is 5.97 Å². The van der Waals surface area contributed by atoms with Gasteiger partial charge in [-0.15, -0.1) is 0 Å². The molecular weight excluding hydrogens is 246 g/mol. The Morgan fingerprint density at radius 2 is 2.32 bits per heavy atom. The minimum Gasteiger partial charge on any atom is -0.477 e. The van der Waals surface area contributed by atoms with E-state index >= 15 is 0 Å². The Hall–Kier alpha value is -1.95. The molecule has 1 amide bonds. The van der Waals surface area contributed by atoms with E-state index in [2.05, 4.69) is 15.2 Å². The van der Waals surface area contributed by atoms with Crippen LogP contribution in [0.2, 0.25) is 0 Å². The molecule has 6 nitrogen and oxygen atoms in total. The summed E-state index contributed by atoms with van der Waals surface area (Å²) in [7, 11) is 2.05. The number of carbonyl (C=O) groups is 2. The fourth-order valence-corrected chi connectivity index (χ4v) is 2.26. The van der Waals surface area contributed by atoms with E-state index in [4.69, 9.17) is 5.11 Å². The molecule has 1 aromatic rings. The van der Waals surface area contributed by atoms with Gasteiger partial charge in [0.05, 0.1) is 11.9 Å². The second-order valence-corrected chi connectivity index (χ2v) is 4.91. The summed E-state index contributed by atoms with van der Waals surface area (Å²) in [5.74, 6) is -0.728. The molecule has 1 fully saturated rings. The minimum atomic E-state index is -1.08. The van der Waals surface area contributed by atoms with Crippen molar-refractivity contribution in [2.45, 2.75) is 12.8 Å². The van der Waals surface area contributed by atoms with Crippen LogP contribution in [0, 0.1) is 5.92 Å². The van der Waals surface area contributed by atoms with E-state index in [1.54, 1.807) is 6.07 Å². The van der Waals surface area contributed by atoms with Crippen molar-refractivity contribution in [3.8, 4) is 0 Å². The summed E-state index contributed by atoms with van der Waals surface area (Å²) in [5.41, 5.74) is 0.497. The highest BCUT2D eigenvalue weighted by atomic mass is 16.4. The largest absolute Gasteiger partial charge is 0.477 e. The molecule has 0 bridgehead atoms. The molecule has 2 N–H and O–H groups in total. The zero-order valence-electron chi connectivity index (χ0n) is 10.8. The molecule has 19 heavy (non-hydrogen) atoms. The van der Waals surface area contributed by atoms with Gasteiger partial charge in [-0.1, -0.05) is 0 Å². The number of pyridine rings is 1. The molecule has 102 valence electrons. The highest BCUT2D eigenvalue weighted by Gasteiger charge is 2.22. The second kappa shape index (κ2) is 5.79. The molecule has 1 saturated heterocycles. The normalized spacial score (nSPS) is 19.3. The van der Waals surface area contributed by atoms with E-state index in [1.807, 2.05) is 7.05 Å². The van der Waals surface area contributed by atoms with Gasteiger partial charge in [0, 0.05) is 13.0 Å². The molecule has 1 atom stereocenters. The highest BCUT2D eigenvalue weighted by Crippen LogP contribution is 2.18. The minimum absolute atomic E-state index is 0.0320. The van der Waals surface area contributed by atoms with Crippen molar-refractivity contribution in [1.29, 1.82) is 0 Å². The van der Waals surface area contributed by atoms with Crippen LogP contribution in [0.1, 0.15) is 23.3 Å². The molecule has 0 aliphatic carbocycles. The van der Waals surface area contributed by atoms with Crippen molar-refractivity contribution in [3.63, 3.8) is 0 Å². The fourth-order valence-electron chi connectivity index (χ4n) is 2.26. The zero-order chi connectivity index (χ0) is 13.8. The first-order valence-corrected chi connectivity index (χ1v) is 6.22. The number of likely N-dealkylation sites (tertiary alicyclic amines) is 1. The van der Waals surface area contributed by atoms with Crippen LogP contribution in [0.3, 0.4) is 0 Å². The Morgan fingerprint density at radius 1 is 1.53 bits per heavy atom. The lowest BCUT2D eigenvalue weighted by atomic mass is 10.0. The average molecular weight is 263 g/mol. The van der Waals surface area contributed by atoms with E-state index in [0.29, 0.717) is 18.0 Å². The number of carbonyl (C=O) groups excluding carboxylic acids is 1. The first-order valence-electron chi connectivity index (χ1n) is 6.22. The molecule has 1 aliphatic heterocycles. The number of hydrogen-bond acceptors (Lipinski definition) is 4. The average Bonchev–Trinajstić information content (AvgIpc) is 2.75. The Balaban J connectivity index is 1.86. The quantitative estimate of drug-likeness (QED) is 0.848. The first-order chi connectivity index (χ1) is 9.04. The maximum atomic E-state index is 11.8. The number of anilines is 1. The Bertz CT molecular complexity index is 473. The van der Waals surface area contributed by atoms with Gasteiger partial charge in [-0.25, -0.2) is 9.78 Å². The Morgan fingerprint density at radius 3 is 2.84 bits per heavy atom. The standard InChI is InChI=1S/C13H17N3O3/c1-16-5-4-9(8-16)6-12(17)15-10-2-3-11(13(18)19)14-7-10/h2-3,7,9H,4-6,8H2,1H3,(H,15,17)(H,18,19). The molecule has 1 aromatic heterocycles. The molecule has 2 heterocycles. The topological polar surface area (TPSA) is 82.5 Å². The predicted octanol–water partition coefficient (Wildman–Crippen LogP) is 1.06. The van der Waals surface area contributed by atoms with Gasteiger partial charge in [-0.05, 0) is 38.1 Å². The lowest BCUT2D eigenvalue weighted by Crippen LogP contribution is -2.19. The van der Waals surface area contributed by atoms with Crippen LogP contribution in [0.5, 0.6) is 0 Å². The lowest BCUT2D eigenvalue weighted by molar-refractivity contribution is -0.117. The summed E-state index contributed by atoms with van der Waals surface area (Å²) in [6, 6.07) is 2.93. The van der Waals surface area contributed by atoms with Gasteiger partial charge in [-0.3, -0.25) is 4.79 Å². The number of amides is 1. The van der Waals surface area contributed by atoms with Gasteiger partial charge < -0.3 is 15.3 Å². The van der Waals surface area contributed by atoms with Gasteiger partial charge in [0.25, 0.3) is 0 Å². The summed E-state index contributed by atoms with van der Waals surface area (Å²) < 4.78 is 0. The monoisotopic (exact) mass is 263 g/mol. The molecule has 2 rings (SSSR count). The van der Waals surface area contributed by atoms with Gasteiger partial charge in [-0.2, -0.15) is 0 Å². The molecular formula is C13H17N3O3. The number of aromatic carboxylic acids is 1. The number of nitrogens with zero attached hydrogens (tertiary/aromatic N) is 2. The number of aromatic nitrogens is 1. The summed E-state index contributed by atoms with van der Waals surface area (Å²) in [4.78, 5) is 28.4. The molecule has 1 aliphatic rings. The van der Waals surface area contributed by atoms with Crippen LogP contribution in [0.4, 0.5) is 5.69 Å². The van der Waals surface area contributed by atoms with Crippen LogP contribution in [-0.2, 0) is 4.79 Å². The Labute approximate surface area is 111 Å². The first kappa shape index (κ1) is 13.5. The van der Waals surface area contributed by atoms with E-state index in [9.17, 15) is 9.59 Å². The maximum absolute atomic E-state index is 11.8. The molecule has 0 saturated carbocycles. The van der Waals surface area contributed by atoms with Gasteiger partial charge in [0.1, 0.15) is 5.69 Å². The third-order valence-corrected chi connectivity index (χ3v) is 3.23. The van der Waals surface area contributed by atoms with Crippen molar-refractivity contribution in [3.05, 3.63) is 24.0 Å². The number of nitrogens with one attached hydrogen (secondary N) is 1. The smallest absolute Gasteiger partial charge is 0.354 e. The van der Waals surface area contributed by atoms with Crippen molar-refractivity contribution < 1.29 is 14.7 Å². The fraction of sp³-hybridized carbons (Fsp3) is 0.462. The highest BCUT2D eigenvalue weighted by molar-refractivity contribution is 5.91. The van der Waals surface area contributed by atoms with Gasteiger partial charge >= 0.3 is 5.97 Å². The summed E-state index contributed by atoms with van der Waals surface area (Å²) in [6.07, 6.45) is 2.90. The van der Waals surface area contributed by atoms with Crippen molar-refractivity contribution >= 4 is 17.6 Å². The SMILES string of the molecule is CN1CCC(CC(=O)Nc2ccc(C(=O)O)nc2)C1. The maximum Gasteiger partial charge on any atom is 0.354 e. The third kappa shape index (κ3) is 3.75. The van der Waals surface area contributed by atoms with Crippen LogP contribution in [0.15, 0.2) is 18.3 Å². The van der Waals surface area contributed by atoms with Gasteiger partial charge in [0.15, 0.2) is 0 Å². The van der Waals surface area contributed by atoms with E-state index in [-0.39, 0.29) is 11.6 Å². The third-order valence-electron chi connectivity index (χ3n) is 3.23. The van der Waals surface area contributed by atoms with Crippen molar-refractivity contribution in [2.24, 2.45) is 5.92 Å². The van der Waals surface area contributed by atoms with E-state index in [0.717, 1.165) is 19.5 Å². The second-order valence-electron chi connectivity index (χ2n) is 4.91. The van der Waals surface area contributed by atoms with Crippen LogP contribution < -0.4 is 5.32 Å². The summed E-state index contributed by atoms with van der Waals surface area (Å²) >= 11 is 0. The number of carboxylic acid groups (broad SMARTS) is 1. The zero-order valence-corrected chi connectivity index (χ0v) is 10.8. The van der Waals surface area contributed by atoms with Crippen molar-refractivity contribution in [1.82, 2.24) is 9.88 Å². The van der Waals surface area contributed by atoms with Crippen molar-refractivity contribution in [2.75, 3.05) is 25.5 Å². The molecule has 1 unspecified atom stereocenters. The number of rotatable bonds is 4. The molecule has 0 radical (unpaired) electrons. The Kier molecular flexibility index (Phi) is 4.11. The molecule has 0 aromatic carbocycles. The number of carboxylic acids is 1.